The monoisotopic (exact) mass is 578 g/mol. The Bertz CT molecular complexity index is 1140. The highest BCUT2D eigenvalue weighted by atomic mass is 16.5. The standard InChI is InChI=1S/C34H50N4O4/c1-5-19-37(20-6-2)21-10-22-38-30(32(40)36-25-11-8-7-9-12-25)34-18-17-27(42-34)28(29(34)33(38)41)31(39)35-26-15-13-24(14-16-26)23(3)4/h13-18,23,25,27-30H,5-12,19-22H2,1-4H3,(H,35,39)(H,36,40)/t27-,28?,29-,30?,34?/m1/s1. The number of fused-ring (bicyclic) bond motifs is 1. The molecule has 3 aliphatic heterocycles. The Balaban J connectivity index is 1.37. The van der Waals surface area contributed by atoms with Crippen molar-refractivity contribution in [3.63, 3.8) is 0 Å². The van der Waals surface area contributed by atoms with Crippen molar-refractivity contribution in [3.8, 4) is 0 Å². The second-order valence-electron chi connectivity index (χ2n) is 13.0. The van der Waals surface area contributed by atoms with Crippen LogP contribution >= 0.6 is 0 Å². The molecule has 3 fully saturated rings. The molecule has 5 rings (SSSR count). The number of ether oxygens (including phenoxy) is 1. The molecule has 42 heavy (non-hydrogen) atoms. The van der Waals surface area contributed by atoms with Crippen molar-refractivity contribution in [1.29, 1.82) is 0 Å². The topological polar surface area (TPSA) is 91.0 Å². The second-order valence-corrected chi connectivity index (χ2v) is 13.0. The first kappa shape index (κ1) is 30.7. The Morgan fingerprint density at radius 3 is 2.36 bits per heavy atom. The molecular formula is C34H50N4O4. The lowest BCUT2D eigenvalue weighted by Gasteiger charge is -2.34. The molecule has 1 aliphatic carbocycles. The van der Waals surface area contributed by atoms with Gasteiger partial charge in [0.2, 0.25) is 17.7 Å². The number of nitrogens with one attached hydrogen (secondary N) is 2. The van der Waals surface area contributed by atoms with Crippen LogP contribution in [0.1, 0.15) is 90.5 Å². The summed E-state index contributed by atoms with van der Waals surface area (Å²) in [7, 11) is 0. The SMILES string of the molecule is CCCN(CCC)CCCN1C(=O)[C@H]2C(C(=O)Nc3ccc(C(C)C)cc3)[C@H]3C=CC2(O3)C1C(=O)NC1CCCCC1. The molecule has 2 bridgehead atoms. The number of benzene rings is 1. The summed E-state index contributed by atoms with van der Waals surface area (Å²) in [6.07, 6.45) is 11.6. The van der Waals surface area contributed by atoms with E-state index in [1.807, 2.05) is 36.4 Å². The van der Waals surface area contributed by atoms with Crippen molar-refractivity contribution in [2.45, 2.75) is 109 Å². The molecule has 1 spiro atoms. The van der Waals surface area contributed by atoms with E-state index in [9.17, 15) is 14.4 Å². The minimum atomic E-state index is -1.11. The molecule has 8 nitrogen and oxygen atoms in total. The third-order valence-electron chi connectivity index (χ3n) is 9.67. The molecule has 0 radical (unpaired) electrons. The molecule has 1 aromatic rings. The largest absolute Gasteiger partial charge is 0.359 e. The molecule has 230 valence electrons. The van der Waals surface area contributed by atoms with Gasteiger partial charge in [-0.05, 0) is 75.4 Å². The molecule has 1 saturated carbocycles. The number of carbonyl (C=O) groups is 3. The maximum Gasteiger partial charge on any atom is 0.246 e. The van der Waals surface area contributed by atoms with Crippen LogP contribution in [-0.4, -0.2) is 77.5 Å². The number of anilines is 1. The van der Waals surface area contributed by atoms with Gasteiger partial charge in [-0.15, -0.1) is 0 Å². The highest BCUT2D eigenvalue weighted by Crippen LogP contribution is 2.55. The Morgan fingerprint density at radius 2 is 1.71 bits per heavy atom. The number of likely N-dealkylation sites (tertiary alicyclic amines) is 1. The van der Waals surface area contributed by atoms with Crippen molar-refractivity contribution in [2.75, 3.05) is 31.5 Å². The van der Waals surface area contributed by atoms with Gasteiger partial charge in [-0.1, -0.05) is 71.2 Å². The Labute approximate surface area is 251 Å². The van der Waals surface area contributed by atoms with E-state index in [0.717, 1.165) is 64.6 Å². The van der Waals surface area contributed by atoms with Crippen LogP contribution in [-0.2, 0) is 19.1 Å². The predicted octanol–water partition coefficient (Wildman–Crippen LogP) is 4.86. The molecule has 1 aromatic carbocycles. The number of amides is 3. The molecule has 4 aliphatic rings. The van der Waals surface area contributed by atoms with Gasteiger partial charge in [0.05, 0.1) is 17.9 Å². The minimum absolute atomic E-state index is 0.124. The molecule has 5 atom stereocenters. The summed E-state index contributed by atoms with van der Waals surface area (Å²) in [5, 5.41) is 6.33. The van der Waals surface area contributed by atoms with Crippen LogP contribution < -0.4 is 10.6 Å². The molecule has 0 aromatic heterocycles. The first-order valence-electron chi connectivity index (χ1n) is 16.4. The van der Waals surface area contributed by atoms with E-state index in [2.05, 4.69) is 43.2 Å². The van der Waals surface area contributed by atoms with E-state index in [1.165, 1.54) is 12.0 Å². The van der Waals surface area contributed by atoms with Crippen molar-refractivity contribution < 1.29 is 19.1 Å². The average molecular weight is 579 g/mol. The van der Waals surface area contributed by atoms with Crippen LogP contribution in [0, 0.1) is 11.8 Å². The summed E-state index contributed by atoms with van der Waals surface area (Å²) >= 11 is 0. The lowest BCUT2D eigenvalue weighted by molar-refractivity contribution is -0.141. The fourth-order valence-corrected chi connectivity index (χ4v) is 7.64. The van der Waals surface area contributed by atoms with E-state index in [4.69, 9.17) is 4.74 Å². The van der Waals surface area contributed by atoms with Gasteiger partial charge in [0.25, 0.3) is 0 Å². The molecular weight excluding hydrogens is 528 g/mol. The van der Waals surface area contributed by atoms with Gasteiger partial charge in [0, 0.05) is 18.3 Å². The van der Waals surface area contributed by atoms with Gasteiger partial charge in [-0.2, -0.15) is 0 Å². The Kier molecular flexibility index (Phi) is 9.73. The maximum atomic E-state index is 14.2. The fraction of sp³-hybridized carbons (Fsp3) is 0.676. The average Bonchev–Trinajstić information content (AvgIpc) is 3.61. The third kappa shape index (κ3) is 6.02. The predicted molar refractivity (Wildman–Crippen MR) is 165 cm³/mol. The van der Waals surface area contributed by atoms with Crippen molar-refractivity contribution in [2.24, 2.45) is 11.8 Å². The molecule has 2 saturated heterocycles. The summed E-state index contributed by atoms with van der Waals surface area (Å²) in [4.78, 5) is 46.2. The molecule has 3 heterocycles. The van der Waals surface area contributed by atoms with Crippen LogP contribution in [0.25, 0.3) is 0 Å². The minimum Gasteiger partial charge on any atom is -0.359 e. The highest BCUT2D eigenvalue weighted by Gasteiger charge is 2.72. The van der Waals surface area contributed by atoms with Crippen LogP contribution in [0.4, 0.5) is 5.69 Å². The molecule has 3 unspecified atom stereocenters. The van der Waals surface area contributed by atoms with Gasteiger partial charge in [0.1, 0.15) is 11.6 Å². The lowest BCUT2D eigenvalue weighted by atomic mass is 9.74. The van der Waals surface area contributed by atoms with Crippen molar-refractivity contribution >= 4 is 23.4 Å². The van der Waals surface area contributed by atoms with Gasteiger partial charge < -0.3 is 25.2 Å². The fourth-order valence-electron chi connectivity index (χ4n) is 7.64. The van der Waals surface area contributed by atoms with E-state index in [1.54, 1.807) is 4.90 Å². The van der Waals surface area contributed by atoms with Gasteiger partial charge in [0.15, 0.2) is 0 Å². The van der Waals surface area contributed by atoms with E-state index in [-0.39, 0.29) is 23.8 Å². The Hall–Kier alpha value is -2.71. The summed E-state index contributed by atoms with van der Waals surface area (Å²) < 4.78 is 6.53. The lowest BCUT2D eigenvalue weighted by Crippen LogP contribution is -2.56. The van der Waals surface area contributed by atoms with Gasteiger partial charge >= 0.3 is 0 Å². The van der Waals surface area contributed by atoms with Crippen LogP contribution in [0.15, 0.2) is 36.4 Å². The highest BCUT2D eigenvalue weighted by molar-refractivity contribution is 6.02. The van der Waals surface area contributed by atoms with E-state index < -0.39 is 29.6 Å². The Morgan fingerprint density at radius 1 is 1.02 bits per heavy atom. The zero-order valence-electron chi connectivity index (χ0n) is 25.9. The zero-order valence-corrected chi connectivity index (χ0v) is 25.9. The first-order valence-corrected chi connectivity index (χ1v) is 16.4. The van der Waals surface area contributed by atoms with Crippen LogP contribution in [0.2, 0.25) is 0 Å². The summed E-state index contributed by atoms with van der Waals surface area (Å²) in [6.45, 7) is 12.0. The summed E-state index contributed by atoms with van der Waals surface area (Å²) in [6, 6.07) is 7.22. The summed E-state index contributed by atoms with van der Waals surface area (Å²) in [5.74, 6) is -1.52. The normalized spacial score (nSPS) is 28.6. The van der Waals surface area contributed by atoms with Crippen molar-refractivity contribution in [3.05, 3.63) is 42.0 Å². The van der Waals surface area contributed by atoms with Gasteiger partial charge in [-0.3, -0.25) is 14.4 Å². The zero-order chi connectivity index (χ0) is 29.9. The summed E-state index contributed by atoms with van der Waals surface area (Å²) in [5.41, 5.74) is 0.783. The third-order valence-corrected chi connectivity index (χ3v) is 9.67. The van der Waals surface area contributed by atoms with Crippen LogP contribution in [0.5, 0.6) is 0 Å². The number of nitrogens with zero attached hydrogens (tertiary/aromatic N) is 2. The second kappa shape index (κ2) is 13.3. The number of hydrogen-bond donors (Lipinski definition) is 2. The quantitative estimate of drug-likeness (QED) is 0.326. The smallest absolute Gasteiger partial charge is 0.246 e. The molecule has 8 heteroatoms. The van der Waals surface area contributed by atoms with Crippen molar-refractivity contribution in [1.82, 2.24) is 15.1 Å². The maximum absolute atomic E-state index is 14.2. The van der Waals surface area contributed by atoms with Crippen LogP contribution in [0.3, 0.4) is 0 Å². The number of hydrogen-bond acceptors (Lipinski definition) is 5. The molecule has 2 N–H and O–H groups in total. The van der Waals surface area contributed by atoms with Gasteiger partial charge in [-0.25, -0.2) is 0 Å². The van der Waals surface area contributed by atoms with E-state index in [0.29, 0.717) is 18.2 Å². The number of carbonyl (C=O) groups excluding carboxylic acids is 3. The first-order chi connectivity index (χ1) is 20.3. The number of rotatable bonds is 13. The van der Waals surface area contributed by atoms with E-state index >= 15 is 0 Å². The molecule has 3 amide bonds.